The van der Waals surface area contributed by atoms with Crippen LogP contribution in [-0.2, 0) is 14.4 Å². The molecule has 122 valence electrons. The molecule has 0 rings (SSSR count). The van der Waals surface area contributed by atoms with Gasteiger partial charge in [-0.15, -0.1) is 0 Å². The summed E-state index contributed by atoms with van der Waals surface area (Å²) >= 11 is 0. The van der Waals surface area contributed by atoms with Crippen LogP contribution in [0.5, 0.6) is 0 Å². The predicted molar refractivity (Wildman–Crippen MR) is 58.0 cm³/mol. The van der Waals surface area contributed by atoms with Gasteiger partial charge in [-0.2, -0.15) is 0 Å². The van der Waals surface area contributed by atoms with E-state index in [0.29, 0.717) is 0 Å². The number of carboxylic acids is 3. The molecule has 0 amide bonds. The van der Waals surface area contributed by atoms with E-state index in [4.69, 9.17) is 29.7 Å². The molecule has 0 aliphatic rings. The Morgan fingerprint density at radius 1 is 0.556 bits per heavy atom. The maximum Gasteiger partial charge on any atom is 0.300 e. The Morgan fingerprint density at radius 2 is 0.556 bits per heavy atom. The molecular formula is C6H22DyO11. The first-order chi connectivity index (χ1) is 5.20. The molecule has 0 spiro atoms. The Balaban J connectivity index is -0.00000000827. The molecule has 0 aromatic rings. The van der Waals surface area contributed by atoms with Crippen LogP contribution < -0.4 is 0 Å². The maximum absolute atomic E-state index is 9.00. The molecule has 0 aliphatic carbocycles. The molecule has 12 heteroatoms. The van der Waals surface area contributed by atoms with Crippen LogP contribution in [0.3, 0.4) is 0 Å². The van der Waals surface area contributed by atoms with Crippen molar-refractivity contribution in [2.24, 2.45) is 0 Å². The number of carboxylic acid groups (broad SMARTS) is 3. The summed E-state index contributed by atoms with van der Waals surface area (Å²) in [6.45, 7) is 3.25. The first-order valence-corrected chi connectivity index (χ1v) is 2.78. The van der Waals surface area contributed by atoms with Gasteiger partial charge in [-0.05, 0) is 0 Å². The molecule has 18 heavy (non-hydrogen) atoms. The van der Waals surface area contributed by atoms with Crippen LogP contribution >= 0.6 is 0 Å². The molecule has 0 atom stereocenters. The van der Waals surface area contributed by atoms with Crippen molar-refractivity contribution in [3.05, 3.63) is 0 Å². The van der Waals surface area contributed by atoms with Crippen LogP contribution in [0.25, 0.3) is 0 Å². The van der Waals surface area contributed by atoms with Gasteiger partial charge < -0.3 is 42.7 Å². The summed E-state index contributed by atoms with van der Waals surface area (Å²) in [5, 5.41) is 22.2. The molecule has 0 aliphatic heterocycles. The molecule has 13 N–H and O–H groups in total. The van der Waals surface area contributed by atoms with Crippen molar-refractivity contribution >= 4 is 17.9 Å². The summed E-state index contributed by atoms with van der Waals surface area (Å²) in [4.78, 5) is 27.0. The molecule has 0 unspecified atom stereocenters. The number of carbonyl (C=O) groups is 3. The minimum Gasteiger partial charge on any atom is -0.481 e. The van der Waals surface area contributed by atoms with Crippen molar-refractivity contribution in [2.75, 3.05) is 0 Å². The smallest absolute Gasteiger partial charge is 0.300 e. The molecule has 11 nitrogen and oxygen atoms in total. The van der Waals surface area contributed by atoms with Crippen molar-refractivity contribution in [3.63, 3.8) is 0 Å². The van der Waals surface area contributed by atoms with Crippen LogP contribution in [0.1, 0.15) is 20.8 Å². The van der Waals surface area contributed by atoms with Gasteiger partial charge in [0, 0.05) is 58.9 Å². The van der Waals surface area contributed by atoms with Gasteiger partial charge in [-0.25, -0.2) is 0 Å². The normalized spacial score (nSPS) is 4.17. The molecule has 0 aromatic carbocycles. The topological polar surface area (TPSA) is 269 Å². The van der Waals surface area contributed by atoms with Crippen molar-refractivity contribution in [2.45, 2.75) is 20.8 Å². The van der Waals surface area contributed by atoms with Gasteiger partial charge in [-0.1, -0.05) is 0 Å². The van der Waals surface area contributed by atoms with Crippen molar-refractivity contribution in [1.82, 2.24) is 0 Å². The summed E-state index contributed by atoms with van der Waals surface area (Å²) in [6, 6.07) is 0. The monoisotopic (exact) mass is 434 g/mol. The van der Waals surface area contributed by atoms with Crippen LogP contribution in [0.4, 0.5) is 0 Å². The molecule has 0 fully saturated rings. The van der Waals surface area contributed by atoms with Crippen LogP contribution in [-0.4, -0.2) is 60.6 Å². The Morgan fingerprint density at radius 3 is 0.556 bits per heavy atom. The quantitative estimate of drug-likeness (QED) is 0.344. The standard InChI is InChI=1S/3C2H4O2.Dy.5H2O/c3*1-2(3)4;;;;;;/h3*1H3,(H,3,4);;5*1H2. The first-order valence-electron chi connectivity index (χ1n) is 2.78. The van der Waals surface area contributed by atoms with E-state index >= 15 is 0 Å². The van der Waals surface area contributed by atoms with Gasteiger partial charge >= 0.3 is 0 Å². The van der Waals surface area contributed by atoms with E-state index < -0.39 is 17.9 Å². The van der Waals surface area contributed by atoms with E-state index in [1.54, 1.807) is 0 Å². The zero-order valence-electron chi connectivity index (χ0n) is 9.88. The molecule has 0 bridgehead atoms. The van der Waals surface area contributed by atoms with Gasteiger partial charge in [0.1, 0.15) is 0 Å². The van der Waals surface area contributed by atoms with E-state index in [1.165, 1.54) is 0 Å². The predicted octanol–water partition coefficient (Wildman–Crippen LogP) is -3.85. The van der Waals surface area contributed by atoms with Crippen molar-refractivity contribution < 1.29 is 95.3 Å². The number of rotatable bonds is 0. The second-order valence-corrected chi connectivity index (χ2v) is 1.56. The van der Waals surface area contributed by atoms with E-state index in [2.05, 4.69) is 0 Å². The second-order valence-electron chi connectivity index (χ2n) is 1.56. The van der Waals surface area contributed by atoms with Crippen molar-refractivity contribution in [1.29, 1.82) is 0 Å². The van der Waals surface area contributed by atoms with E-state index in [1.807, 2.05) is 0 Å². The fraction of sp³-hybridized carbons (Fsp3) is 0.500. The van der Waals surface area contributed by atoms with Gasteiger partial charge in [0.2, 0.25) is 0 Å². The minimum atomic E-state index is -0.833. The van der Waals surface area contributed by atoms with Crippen LogP contribution in [0.2, 0.25) is 0 Å². The van der Waals surface area contributed by atoms with Crippen LogP contribution in [0.15, 0.2) is 0 Å². The molecular weight excluding hydrogens is 411 g/mol. The maximum atomic E-state index is 9.00. The number of hydrogen-bond donors (Lipinski definition) is 3. The minimum absolute atomic E-state index is 0. The molecule has 0 saturated carbocycles. The summed E-state index contributed by atoms with van der Waals surface area (Å²) in [6.07, 6.45) is 0. The third-order valence-corrected chi connectivity index (χ3v) is 0. The molecule has 0 aromatic heterocycles. The summed E-state index contributed by atoms with van der Waals surface area (Å²) in [5.41, 5.74) is 0. The fourth-order valence-electron chi connectivity index (χ4n) is 0. The second kappa shape index (κ2) is 54.9. The number of aliphatic carboxylic acids is 3. The van der Waals surface area contributed by atoms with E-state index in [0.717, 1.165) is 20.8 Å². The van der Waals surface area contributed by atoms with E-state index in [-0.39, 0.29) is 65.6 Å². The molecule has 0 radical (unpaired) electrons. The summed E-state index contributed by atoms with van der Waals surface area (Å²) in [5.74, 6) is -2.50. The SMILES string of the molecule is CC(=O)O.CC(=O)O.CC(=O)O.O.O.O.O.O.[Dy]. The number of hydrogen-bond acceptors (Lipinski definition) is 3. The Bertz CT molecular complexity index is 119. The Hall–Kier alpha value is -0.517. The van der Waals surface area contributed by atoms with Gasteiger partial charge in [-0.3, -0.25) is 14.4 Å². The Kier molecular flexibility index (Phi) is 201. The fourth-order valence-corrected chi connectivity index (χ4v) is 0. The molecule has 0 saturated heterocycles. The van der Waals surface area contributed by atoms with Gasteiger partial charge in [0.25, 0.3) is 17.9 Å². The third kappa shape index (κ3) is 12100. The van der Waals surface area contributed by atoms with E-state index in [9.17, 15) is 0 Å². The average Bonchev–Trinajstić information content (AvgIpc) is 1.54. The van der Waals surface area contributed by atoms with Crippen molar-refractivity contribution in [3.8, 4) is 0 Å². The summed E-state index contributed by atoms with van der Waals surface area (Å²) < 4.78 is 0. The first kappa shape index (κ1) is 66.0. The Labute approximate surface area is 133 Å². The largest absolute Gasteiger partial charge is 0.481 e. The molecule has 0 heterocycles. The average molecular weight is 433 g/mol. The summed E-state index contributed by atoms with van der Waals surface area (Å²) in [7, 11) is 0. The van der Waals surface area contributed by atoms with Gasteiger partial charge in [0.15, 0.2) is 0 Å². The third-order valence-electron chi connectivity index (χ3n) is 0. The van der Waals surface area contributed by atoms with Gasteiger partial charge in [0.05, 0.1) is 0 Å². The zero-order chi connectivity index (χ0) is 10.7. The van der Waals surface area contributed by atoms with Crippen LogP contribution in [0, 0.1) is 38.2 Å². The zero-order valence-corrected chi connectivity index (χ0v) is 11.9.